The van der Waals surface area contributed by atoms with Gasteiger partial charge in [-0.05, 0) is 62.5 Å². The van der Waals surface area contributed by atoms with Crippen LogP contribution in [0.15, 0.2) is 23.8 Å². The van der Waals surface area contributed by atoms with Gasteiger partial charge in [0.2, 0.25) is 5.78 Å². The number of fused-ring (bicyclic) bond motifs is 5. The van der Waals surface area contributed by atoms with Crippen molar-refractivity contribution in [2.75, 3.05) is 6.61 Å². The third-order valence-electron chi connectivity index (χ3n) is 9.61. The molecule has 198 valence electrons. The number of halogens is 1. The normalized spacial score (nSPS) is 41.0. The molecule has 3 saturated carbocycles. The number of hydrogen-bond donors (Lipinski definition) is 1. The molecule has 7 nitrogen and oxygen atoms in total. The minimum atomic E-state index is -1.51. The van der Waals surface area contributed by atoms with Crippen LogP contribution in [-0.2, 0) is 28.7 Å². The molecule has 4 aliphatic rings. The van der Waals surface area contributed by atoms with E-state index >= 15 is 0 Å². The van der Waals surface area contributed by atoms with Crippen molar-refractivity contribution in [3.05, 3.63) is 23.8 Å². The summed E-state index contributed by atoms with van der Waals surface area (Å²) in [6.45, 7) is 6.92. The molecule has 7 atom stereocenters. The van der Waals surface area contributed by atoms with Gasteiger partial charge in [0, 0.05) is 23.7 Å². The van der Waals surface area contributed by atoms with Crippen molar-refractivity contribution < 1.29 is 33.8 Å². The predicted molar refractivity (Wildman–Crippen MR) is 133 cm³/mol. The third-order valence-corrected chi connectivity index (χ3v) is 10.5. The monoisotopic (exact) mass is 520 g/mol. The van der Waals surface area contributed by atoms with Gasteiger partial charge in [-0.15, -0.1) is 11.6 Å². The summed E-state index contributed by atoms with van der Waals surface area (Å²) in [5, 5.41) is 11.7. The summed E-state index contributed by atoms with van der Waals surface area (Å²) in [6, 6.07) is 0. The summed E-state index contributed by atoms with van der Waals surface area (Å²) in [6.07, 6.45) is 7.18. The number of allylic oxidation sites excluding steroid dienone is 4. The molecular weight excluding hydrogens is 484 g/mol. The number of alkyl halides is 1. The van der Waals surface area contributed by atoms with E-state index in [1.807, 2.05) is 26.8 Å². The van der Waals surface area contributed by atoms with Crippen LogP contribution >= 0.6 is 11.6 Å². The van der Waals surface area contributed by atoms with E-state index in [4.69, 9.17) is 21.1 Å². The lowest BCUT2D eigenvalue weighted by Gasteiger charge is -2.64. The highest BCUT2D eigenvalue weighted by Gasteiger charge is 2.74. The zero-order valence-electron chi connectivity index (χ0n) is 21.6. The average Bonchev–Trinajstić information content (AvgIpc) is 3.11. The molecule has 0 aromatic heterocycles. The summed E-state index contributed by atoms with van der Waals surface area (Å²) >= 11 is 7.45. The molecule has 0 spiro atoms. The number of carbonyl (C=O) groups excluding carboxylic acids is 4. The molecule has 3 fully saturated rings. The Morgan fingerprint density at radius 1 is 1.14 bits per heavy atom. The lowest BCUT2D eigenvalue weighted by Crippen LogP contribution is -2.69. The summed E-state index contributed by atoms with van der Waals surface area (Å²) in [5.74, 6) is -1.78. The SMILES string of the molecule is CCCC(=O)O[C@]1(C(=O)COC(=O)CC)CC[C@H]2[C@@H]3CCC4=CC(=O)C=C[C@]4(C)C3(Cl)C(O)C[C@@]21C. The highest BCUT2D eigenvalue weighted by molar-refractivity contribution is 6.26. The number of rotatable bonds is 7. The van der Waals surface area contributed by atoms with Crippen molar-refractivity contribution in [3.63, 3.8) is 0 Å². The number of carbonyl (C=O) groups is 4. The highest BCUT2D eigenvalue weighted by atomic mass is 35.5. The molecular formula is C28H37ClO7. The molecule has 0 heterocycles. The van der Waals surface area contributed by atoms with Crippen molar-refractivity contribution >= 4 is 35.1 Å². The van der Waals surface area contributed by atoms with Crippen LogP contribution < -0.4 is 0 Å². The zero-order chi connectivity index (χ0) is 26.5. The van der Waals surface area contributed by atoms with Crippen LogP contribution in [0.1, 0.15) is 79.1 Å². The quantitative estimate of drug-likeness (QED) is 0.395. The lowest BCUT2D eigenvalue weighted by atomic mass is 9.45. The number of ketones is 2. The van der Waals surface area contributed by atoms with E-state index in [0.717, 1.165) is 5.57 Å². The first-order valence-electron chi connectivity index (χ1n) is 13.1. The molecule has 0 radical (unpaired) electrons. The van der Waals surface area contributed by atoms with Crippen molar-refractivity contribution in [1.29, 1.82) is 0 Å². The molecule has 8 heteroatoms. The molecule has 4 rings (SSSR count). The first kappa shape index (κ1) is 27.1. The Balaban J connectivity index is 1.75. The van der Waals surface area contributed by atoms with E-state index in [1.54, 1.807) is 13.0 Å². The minimum Gasteiger partial charge on any atom is -0.457 e. The van der Waals surface area contributed by atoms with Crippen molar-refractivity contribution in [2.45, 2.75) is 95.6 Å². The van der Waals surface area contributed by atoms with Gasteiger partial charge in [-0.1, -0.05) is 39.3 Å². The van der Waals surface area contributed by atoms with Gasteiger partial charge in [-0.3, -0.25) is 19.2 Å². The number of esters is 2. The fraction of sp³-hybridized carbons (Fsp3) is 0.714. The number of aliphatic hydroxyl groups is 1. The Kier molecular flexibility index (Phi) is 7.06. The molecule has 36 heavy (non-hydrogen) atoms. The molecule has 0 saturated heterocycles. The Bertz CT molecular complexity index is 1030. The van der Waals surface area contributed by atoms with Gasteiger partial charge in [0.25, 0.3) is 0 Å². The fourth-order valence-corrected chi connectivity index (χ4v) is 8.22. The molecule has 0 aliphatic heterocycles. The number of hydrogen-bond acceptors (Lipinski definition) is 7. The van der Waals surface area contributed by atoms with Crippen molar-refractivity contribution in [1.82, 2.24) is 0 Å². The van der Waals surface area contributed by atoms with Gasteiger partial charge in [0.15, 0.2) is 18.0 Å². The van der Waals surface area contributed by atoms with Crippen LogP contribution in [0.2, 0.25) is 0 Å². The van der Waals surface area contributed by atoms with E-state index in [1.165, 1.54) is 6.08 Å². The Hall–Kier alpha value is -1.99. The van der Waals surface area contributed by atoms with Crippen molar-refractivity contribution in [2.24, 2.45) is 22.7 Å². The topological polar surface area (TPSA) is 107 Å². The predicted octanol–water partition coefficient (Wildman–Crippen LogP) is 4.23. The highest BCUT2D eigenvalue weighted by Crippen LogP contribution is 2.71. The van der Waals surface area contributed by atoms with E-state index in [2.05, 4.69) is 0 Å². The Labute approximate surface area is 217 Å². The van der Waals surface area contributed by atoms with Gasteiger partial charge in [-0.2, -0.15) is 0 Å². The maximum atomic E-state index is 13.7. The molecule has 0 aromatic rings. The smallest absolute Gasteiger partial charge is 0.306 e. The summed E-state index contributed by atoms with van der Waals surface area (Å²) in [5.41, 5.74) is -2.19. The van der Waals surface area contributed by atoms with Crippen molar-refractivity contribution in [3.8, 4) is 0 Å². The second kappa shape index (κ2) is 9.39. The summed E-state index contributed by atoms with van der Waals surface area (Å²) in [4.78, 5) is 49.4. The van der Waals surface area contributed by atoms with Crippen LogP contribution in [-0.4, -0.2) is 51.8 Å². The first-order valence-corrected chi connectivity index (χ1v) is 13.5. The second-order valence-electron chi connectivity index (χ2n) is 11.3. The van der Waals surface area contributed by atoms with E-state index < -0.39 is 51.7 Å². The largest absolute Gasteiger partial charge is 0.457 e. The van der Waals surface area contributed by atoms with Crippen LogP contribution in [0.5, 0.6) is 0 Å². The van der Waals surface area contributed by atoms with Gasteiger partial charge in [0.05, 0.1) is 11.0 Å². The molecule has 0 amide bonds. The van der Waals surface area contributed by atoms with E-state index in [9.17, 15) is 24.3 Å². The van der Waals surface area contributed by atoms with Crippen LogP contribution in [0.3, 0.4) is 0 Å². The fourth-order valence-electron chi connectivity index (χ4n) is 7.70. The van der Waals surface area contributed by atoms with Gasteiger partial charge >= 0.3 is 11.9 Å². The minimum absolute atomic E-state index is 0.0775. The van der Waals surface area contributed by atoms with E-state index in [-0.39, 0.29) is 43.3 Å². The standard InChI is InChI=1S/C28H37ClO7/c1-5-7-24(34)36-27(22(32)16-35-23(33)6-2)13-11-19-20-9-8-17-14-18(30)10-12-25(17,3)28(20,29)21(31)15-26(19,27)4/h10,12,14,19-21,31H,5-9,11,13,15-16H2,1-4H3/t19-,20-,21?,25-,26-,27-,28?/m0/s1. The van der Waals surface area contributed by atoms with Gasteiger partial charge in [-0.25, -0.2) is 0 Å². The maximum Gasteiger partial charge on any atom is 0.306 e. The molecule has 4 aliphatic carbocycles. The first-order chi connectivity index (χ1) is 16.9. The van der Waals surface area contributed by atoms with Crippen LogP contribution in [0, 0.1) is 22.7 Å². The Morgan fingerprint density at radius 3 is 2.53 bits per heavy atom. The average molecular weight is 521 g/mol. The summed E-state index contributed by atoms with van der Waals surface area (Å²) < 4.78 is 11.2. The van der Waals surface area contributed by atoms with Gasteiger partial charge < -0.3 is 14.6 Å². The maximum absolute atomic E-state index is 13.7. The number of Topliss-reactive ketones (excluding diaryl/α,β-unsaturated/α-hetero) is 1. The molecule has 2 unspecified atom stereocenters. The van der Waals surface area contributed by atoms with Crippen LogP contribution in [0.25, 0.3) is 0 Å². The number of ether oxygens (including phenoxy) is 2. The number of aliphatic hydroxyl groups excluding tert-OH is 1. The second-order valence-corrected chi connectivity index (χ2v) is 11.9. The lowest BCUT2D eigenvalue weighted by molar-refractivity contribution is -0.198. The van der Waals surface area contributed by atoms with Gasteiger partial charge in [0.1, 0.15) is 0 Å². The van der Waals surface area contributed by atoms with E-state index in [0.29, 0.717) is 25.7 Å². The summed E-state index contributed by atoms with van der Waals surface area (Å²) in [7, 11) is 0. The Morgan fingerprint density at radius 2 is 1.86 bits per heavy atom. The van der Waals surface area contributed by atoms with Crippen LogP contribution in [0.4, 0.5) is 0 Å². The molecule has 1 N–H and O–H groups in total. The molecule has 0 aromatic carbocycles. The third kappa shape index (κ3) is 3.72. The molecule has 0 bridgehead atoms. The zero-order valence-corrected chi connectivity index (χ0v) is 22.4.